The van der Waals surface area contributed by atoms with Gasteiger partial charge in [-0.1, -0.05) is 36.7 Å². The van der Waals surface area contributed by atoms with Crippen LogP contribution in [0.15, 0.2) is 39.5 Å². The maximum atomic E-state index is 5.84. The molecule has 4 heteroatoms. The molecule has 2 aromatic heterocycles. The third-order valence-corrected chi connectivity index (χ3v) is 3.04. The number of hydrogen-bond donors (Lipinski definition) is 1. The van der Waals surface area contributed by atoms with Crippen molar-refractivity contribution in [2.45, 2.75) is 19.8 Å². The van der Waals surface area contributed by atoms with E-state index in [9.17, 15) is 0 Å². The van der Waals surface area contributed by atoms with Crippen molar-refractivity contribution >= 4 is 16.8 Å². The first-order valence-electron chi connectivity index (χ1n) is 6.02. The van der Waals surface area contributed by atoms with Gasteiger partial charge in [0.2, 0.25) is 0 Å². The van der Waals surface area contributed by atoms with Crippen molar-refractivity contribution in [2.24, 2.45) is 0 Å². The molecule has 0 aliphatic heterocycles. The fourth-order valence-electron chi connectivity index (χ4n) is 2.18. The number of nitrogen functional groups attached to an aromatic ring is 1. The number of benzene rings is 1. The predicted molar refractivity (Wildman–Crippen MR) is 70.1 cm³/mol. The molecule has 0 amide bonds. The molecule has 18 heavy (non-hydrogen) atoms. The van der Waals surface area contributed by atoms with Gasteiger partial charge in [-0.25, -0.2) is 0 Å². The van der Waals surface area contributed by atoms with Crippen LogP contribution in [0.25, 0.3) is 22.3 Å². The SMILES string of the molecule is CCCc1c(N)noc1-c1coc2ccccc12. The minimum Gasteiger partial charge on any atom is -0.464 e. The van der Waals surface area contributed by atoms with Crippen molar-refractivity contribution in [1.82, 2.24) is 5.16 Å². The molecular formula is C14H14N2O2. The van der Waals surface area contributed by atoms with Crippen LogP contribution in [0.2, 0.25) is 0 Å². The molecule has 3 aromatic rings. The summed E-state index contributed by atoms with van der Waals surface area (Å²) in [5, 5.41) is 4.88. The van der Waals surface area contributed by atoms with Gasteiger partial charge in [-0.05, 0) is 12.5 Å². The van der Waals surface area contributed by atoms with E-state index in [1.807, 2.05) is 24.3 Å². The zero-order chi connectivity index (χ0) is 12.5. The Balaban J connectivity index is 2.20. The van der Waals surface area contributed by atoms with E-state index in [2.05, 4.69) is 12.1 Å². The topological polar surface area (TPSA) is 65.2 Å². The monoisotopic (exact) mass is 242 g/mol. The van der Waals surface area contributed by atoms with Crippen molar-refractivity contribution < 1.29 is 8.94 Å². The molecule has 0 saturated heterocycles. The van der Waals surface area contributed by atoms with E-state index in [0.29, 0.717) is 5.82 Å². The lowest BCUT2D eigenvalue weighted by atomic mass is 10.0. The molecule has 0 fully saturated rings. The van der Waals surface area contributed by atoms with E-state index in [0.717, 1.165) is 40.7 Å². The second-order valence-electron chi connectivity index (χ2n) is 4.27. The average molecular weight is 242 g/mol. The summed E-state index contributed by atoms with van der Waals surface area (Å²) < 4.78 is 10.9. The van der Waals surface area contributed by atoms with Crippen LogP contribution < -0.4 is 5.73 Å². The maximum Gasteiger partial charge on any atom is 0.176 e. The highest BCUT2D eigenvalue weighted by molar-refractivity contribution is 5.93. The highest BCUT2D eigenvalue weighted by atomic mass is 16.5. The van der Waals surface area contributed by atoms with Crippen molar-refractivity contribution in [3.05, 3.63) is 36.1 Å². The Labute approximate surface area is 104 Å². The van der Waals surface area contributed by atoms with Gasteiger partial charge in [0, 0.05) is 10.9 Å². The molecule has 0 saturated carbocycles. The van der Waals surface area contributed by atoms with Crippen LogP contribution in [-0.2, 0) is 6.42 Å². The highest BCUT2D eigenvalue weighted by Crippen LogP contribution is 2.35. The van der Waals surface area contributed by atoms with Crippen molar-refractivity contribution in [3.8, 4) is 11.3 Å². The lowest BCUT2D eigenvalue weighted by molar-refractivity contribution is 0.434. The second kappa shape index (κ2) is 4.22. The number of nitrogens with zero attached hydrogens (tertiary/aromatic N) is 1. The van der Waals surface area contributed by atoms with E-state index in [1.165, 1.54) is 0 Å². The summed E-state index contributed by atoms with van der Waals surface area (Å²) in [5.41, 5.74) is 8.56. The van der Waals surface area contributed by atoms with Crippen molar-refractivity contribution in [2.75, 3.05) is 5.73 Å². The first-order chi connectivity index (χ1) is 8.81. The molecule has 0 aliphatic carbocycles. The van der Waals surface area contributed by atoms with Gasteiger partial charge in [-0.2, -0.15) is 0 Å². The molecule has 92 valence electrons. The fraction of sp³-hybridized carbons (Fsp3) is 0.214. The standard InChI is InChI=1S/C14H14N2O2/c1-2-5-10-13(18-16-14(10)15)11-8-17-12-7-4-3-6-9(11)12/h3-4,6-8H,2,5H2,1H3,(H2,15,16). The number of aromatic nitrogens is 1. The van der Waals surface area contributed by atoms with E-state index in [4.69, 9.17) is 14.7 Å². The van der Waals surface area contributed by atoms with Gasteiger partial charge in [-0.3, -0.25) is 0 Å². The molecule has 0 radical (unpaired) electrons. The summed E-state index contributed by atoms with van der Waals surface area (Å²) in [7, 11) is 0. The number of para-hydroxylation sites is 1. The van der Waals surface area contributed by atoms with E-state index < -0.39 is 0 Å². The number of furan rings is 1. The molecule has 0 bridgehead atoms. The van der Waals surface area contributed by atoms with Gasteiger partial charge >= 0.3 is 0 Å². The van der Waals surface area contributed by atoms with Gasteiger partial charge in [0.1, 0.15) is 11.8 Å². The minimum atomic E-state index is 0.470. The Morgan fingerprint density at radius 1 is 1.28 bits per heavy atom. The number of fused-ring (bicyclic) bond motifs is 1. The predicted octanol–water partition coefficient (Wildman–Crippen LogP) is 3.62. The third kappa shape index (κ3) is 1.57. The highest BCUT2D eigenvalue weighted by Gasteiger charge is 2.18. The van der Waals surface area contributed by atoms with Gasteiger partial charge in [0.05, 0.1) is 5.56 Å². The second-order valence-corrected chi connectivity index (χ2v) is 4.27. The summed E-state index contributed by atoms with van der Waals surface area (Å²) in [5.74, 6) is 1.19. The molecule has 3 rings (SSSR count). The zero-order valence-corrected chi connectivity index (χ0v) is 10.1. The summed E-state index contributed by atoms with van der Waals surface area (Å²) >= 11 is 0. The van der Waals surface area contributed by atoms with Crippen LogP contribution in [0.1, 0.15) is 18.9 Å². The molecule has 0 atom stereocenters. The zero-order valence-electron chi connectivity index (χ0n) is 10.1. The maximum absolute atomic E-state index is 5.84. The third-order valence-electron chi connectivity index (χ3n) is 3.04. The molecule has 0 spiro atoms. The molecule has 2 N–H and O–H groups in total. The lowest BCUT2D eigenvalue weighted by Crippen LogP contribution is -1.92. The van der Waals surface area contributed by atoms with Crippen LogP contribution in [0.3, 0.4) is 0 Å². The fourth-order valence-corrected chi connectivity index (χ4v) is 2.18. The van der Waals surface area contributed by atoms with Crippen LogP contribution in [0.5, 0.6) is 0 Å². The van der Waals surface area contributed by atoms with Crippen LogP contribution in [0.4, 0.5) is 5.82 Å². The molecule has 4 nitrogen and oxygen atoms in total. The van der Waals surface area contributed by atoms with Gasteiger partial charge in [0.15, 0.2) is 11.6 Å². The van der Waals surface area contributed by atoms with E-state index in [1.54, 1.807) is 6.26 Å². The summed E-state index contributed by atoms with van der Waals surface area (Å²) in [6, 6.07) is 7.85. The van der Waals surface area contributed by atoms with Gasteiger partial charge in [0.25, 0.3) is 0 Å². The minimum absolute atomic E-state index is 0.470. The molecule has 1 aromatic carbocycles. The molecule has 2 heterocycles. The van der Waals surface area contributed by atoms with Gasteiger partial charge in [-0.15, -0.1) is 0 Å². The Morgan fingerprint density at radius 2 is 2.11 bits per heavy atom. The van der Waals surface area contributed by atoms with Crippen molar-refractivity contribution in [3.63, 3.8) is 0 Å². The summed E-state index contributed by atoms with van der Waals surface area (Å²) in [4.78, 5) is 0. The number of nitrogens with two attached hydrogens (primary N) is 1. The Kier molecular flexibility index (Phi) is 2.55. The van der Waals surface area contributed by atoms with Crippen molar-refractivity contribution in [1.29, 1.82) is 0 Å². The quantitative estimate of drug-likeness (QED) is 0.761. The first kappa shape index (κ1) is 10.9. The average Bonchev–Trinajstić information content (AvgIpc) is 2.95. The lowest BCUT2D eigenvalue weighted by Gasteiger charge is -1.98. The number of anilines is 1. The Bertz CT molecular complexity index is 682. The van der Waals surface area contributed by atoms with E-state index in [-0.39, 0.29) is 0 Å². The van der Waals surface area contributed by atoms with Crippen LogP contribution in [0, 0.1) is 0 Å². The summed E-state index contributed by atoms with van der Waals surface area (Å²) in [6.45, 7) is 2.10. The molecule has 0 unspecified atom stereocenters. The Morgan fingerprint density at radius 3 is 2.94 bits per heavy atom. The Hall–Kier alpha value is -2.23. The number of rotatable bonds is 3. The molecule has 0 aliphatic rings. The smallest absolute Gasteiger partial charge is 0.176 e. The van der Waals surface area contributed by atoms with E-state index >= 15 is 0 Å². The summed E-state index contributed by atoms with van der Waals surface area (Å²) in [6.07, 6.45) is 3.54. The first-order valence-corrected chi connectivity index (χ1v) is 6.02. The van der Waals surface area contributed by atoms with Crippen LogP contribution >= 0.6 is 0 Å². The van der Waals surface area contributed by atoms with Crippen LogP contribution in [-0.4, -0.2) is 5.16 Å². The largest absolute Gasteiger partial charge is 0.464 e. The molecular weight excluding hydrogens is 228 g/mol. The van der Waals surface area contributed by atoms with Gasteiger partial charge < -0.3 is 14.7 Å². The number of hydrogen-bond acceptors (Lipinski definition) is 4. The normalized spacial score (nSPS) is 11.2.